The van der Waals surface area contributed by atoms with Crippen LogP contribution in [0.15, 0.2) is 46.9 Å². The Balaban J connectivity index is 2.17. The van der Waals surface area contributed by atoms with E-state index in [-0.39, 0.29) is 37.7 Å². The Kier molecular flexibility index (Phi) is 9.75. The van der Waals surface area contributed by atoms with Crippen molar-refractivity contribution in [3.05, 3.63) is 63.1 Å². The summed E-state index contributed by atoms with van der Waals surface area (Å²) in [5.74, 6) is -0.502. The van der Waals surface area contributed by atoms with Gasteiger partial charge in [-0.15, -0.1) is 0 Å². The highest BCUT2D eigenvalue weighted by Gasteiger charge is 2.26. The van der Waals surface area contributed by atoms with Crippen LogP contribution in [0.25, 0.3) is 0 Å². The third-order valence-corrected chi connectivity index (χ3v) is 7.22. The highest BCUT2D eigenvalue weighted by molar-refractivity contribution is 9.10. The Morgan fingerprint density at radius 1 is 1.15 bits per heavy atom. The number of anilines is 1. The van der Waals surface area contributed by atoms with Gasteiger partial charge in [-0.3, -0.25) is 13.9 Å². The second-order valence-electron chi connectivity index (χ2n) is 7.81. The van der Waals surface area contributed by atoms with Crippen LogP contribution in [0.2, 0.25) is 5.02 Å². The number of sulfonamides is 1. The zero-order valence-electron chi connectivity index (χ0n) is 19.1. The van der Waals surface area contributed by atoms with Crippen LogP contribution in [0.1, 0.15) is 30.9 Å². The van der Waals surface area contributed by atoms with Crippen molar-refractivity contribution in [3.8, 4) is 0 Å². The smallest absolute Gasteiger partial charge is 0.242 e. The minimum Gasteiger partial charge on any atom is -0.357 e. The first-order chi connectivity index (χ1) is 15.4. The van der Waals surface area contributed by atoms with E-state index in [1.807, 2.05) is 24.3 Å². The van der Waals surface area contributed by atoms with Gasteiger partial charge in [0.1, 0.15) is 6.04 Å². The number of benzene rings is 2. The number of hydrogen-bond donors (Lipinski definition) is 1. The van der Waals surface area contributed by atoms with Gasteiger partial charge in [-0.1, -0.05) is 45.7 Å². The van der Waals surface area contributed by atoms with Crippen LogP contribution < -0.4 is 9.62 Å². The molecule has 180 valence electrons. The highest BCUT2D eigenvalue weighted by atomic mass is 79.9. The molecule has 0 heterocycles. The lowest BCUT2D eigenvalue weighted by Crippen LogP contribution is -2.46. The summed E-state index contributed by atoms with van der Waals surface area (Å²) in [4.78, 5) is 26.9. The first kappa shape index (κ1) is 27.1. The molecule has 0 aromatic heterocycles. The number of likely N-dealkylation sites (N-methyl/N-ethyl adjacent to an activating group) is 1. The van der Waals surface area contributed by atoms with Gasteiger partial charge >= 0.3 is 0 Å². The summed E-state index contributed by atoms with van der Waals surface area (Å²) in [5.41, 5.74) is 2.14. The predicted octanol–water partition coefficient (Wildman–Crippen LogP) is 4.12. The molecule has 10 heteroatoms. The number of nitrogens with one attached hydrogen (secondary N) is 1. The fourth-order valence-corrected chi connectivity index (χ4v) is 4.86. The van der Waals surface area contributed by atoms with Crippen molar-refractivity contribution in [2.45, 2.75) is 39.3 Å². The summed E-state index contributed by atoms with van der Waals surface area (Å²) in [7, 11) is -2.05. The third-order valence-electron chi connectivity index (χ3n) is 5.27. The maximum atomic E-state index is 13.1. The molecule has 0 aliphatic carbocycles. The summed E-state index contributed by atoms with van der Waals surface area (Å²) in [6.07, 6.45) is 1.50. The van der Waals surface area contributed by atoms with Crippen LogP contribution >= 0.6 is 27.5 Å². The lowest BCUT2D eigenvalue weighted by molar-refractivity contribution is -0.140. The normalized spacial score (nSPS) is 12.2. The van der Waals surface area contributed by atoms with Gasteiger partial charge in [-0.25, -0.2) is 8.42 Å². The van der Waals surface area contributed by atoms with E-state index in [1.54, 1.807) is 32.0 Å². The van der Waals surface area contributed by atoms with Gasteiger partial charge < -0.3 is 10.2 Å². The molecule has 0 aliphatic heterocycles. The summed E-state index contributed by atoms with van der Waals surface area (Å²) in [6, 6.07) is 11.9. The fourth-order valence-electron chi connectivity index (χ4n) is 3.41. The zero-order chi connectivity index (χ0) is 24.8. The lowest BCUT2D eigenvalue weighted by atomic mass is 10.1. The summed E-state index contributed by atoms with van der Waals surface area (Å²) in [5, 5.41) is 3.01. The van der Waals surface area contributed by atoms with E-state index in [1.165, 1.54) is 16.3 Å². The predicted molar refractivity (Wildman–Crippen MR) is 136 cm³/mol. The van der Waals surface area contributed by atoms with E-state index in [2.05, 4.69) is 21.2 Å². The van der Waals surface area contributed by atoms with Crippen molar-refractivity contribution in [2.75, 3.05) is 24.2 Å². The molecule has 0 saturated carbocycles. The Bertz CT molecular complexity index is 1090. The first-order valence-corrected chi connectivity index (χ1v) is 13.5. The van der Waals surface area contributed by atoms with Crippen molar-refractivity contribution in [1.29, 1.82) is 0 Å². The van der Waals surface area contributed by atoms with Gasteiger partial charge in [0, 0.05) is 36.1 Å². The van der Waals surface area contributed by atoms with E-state index < -0.39 is 16.1 Å². The molecule has 1 atom stereocenters. The minimum atomic E-state index is -3.58. The maximum absolute atomic E-state index is 13.1. The Morgan fingerprint density at radius 2 is 1.79 bits per heavy atom. The van der Waals surface area contributed by atoms with Crippen LogP contribution in [0.5, 0.6) is 0 Å². The lowest BCUT2D eigenvalue weighted by Gasteiger charge is -2.29. The average Bonchev–Trinajstić information content (AvgIpc) is 2.76. The number of amides is 2. The molecule has 0 saturated heterocycles. The molecule has 0 aliphatic rings. The van der Waals surface area contributed by atoms with Crippen molar-refractivity contribution >= 4 is 55.1 Å². The molecule has 1 N–H and O–H groups in total. The monoisotopic (exact) mass is 557 g/mol. The van der Waals surface area contributed by atoms with Crippen molar-refractivity contribution in [3.63, 3.8) is 0 Å². The van der Waals surface area contributed by atoms with Gasteiger partial charge in [0.15, 0.2) is 0 Å². The van der Waals surface area contributed by atoms with Gasteiger partial charge in [0.05, 0.1) is 11.9 Å². The first-order valence-electron chi connectivity index (χ1n) is 10.4. The molecule has 33 heavy (non-hydrogen) atoms. The van der Waals surface area contributed by atoms with E-state index in [4.69, 9.17) is 11.6 Å². The van der Waals surface area contributed by atoms with Crippen LogP contribution in [0.3, 0.4) is 0 Å². The molecular weight excluding hydrogens is 530 g/mol. The minimum absolute atomic E-state index is 0.0868. The fraction of sp³-hybridized carbons (Fsp3) is 0.391. The number of carbonyl (C=O) groups excluding carboxylic acids is 2. The molecule has 0 bridgehead atoms. The molecule has 2 amide bonds. The molecule has 0 radical (unpaired) electrons. The number of aryl methyl sites for hydroxylation is 1. The quantitative estimate of drug-likeness (QED) is 0.475. The Labute approximate surface area is 209 Å². The topological polar surface area (TPSA) is 86.8 Å². The Morgan fingerprint density at radius 3 is 2.36 bits per heavy atom. The second-order valence-corrected chi connectivity index (χ2v) is 11.1. The van der Waals surface area contributed by atoms with Crippen molar-refractivity contribution < 1.29 is 18.0 Å². The van der Waals surface area contributed by atoms with Crippen LogP contribution in [0, 0.1) is 6.92 Å². The van der Waals surface area contributed by atoms with E-state index in [0.29, 0.717) is 10.7 Å². The van der Waals surface area contributed by atoms with Gasteiger partial charge in [0.25, 0.3) is 0 Å². The number of rotatable bonds is 10. The number of halogens is 2. The molecule has 0 spiro atoms. The molecule has 2 rings (SSSR count). The summed E-state index contributed by atoms with van der Waals surface area (Å²) >= 11 is 9.47. The summed E-state index contributed by atoms with van der Waals surface area (Å²) < 4.78 is 27.1. The molecule has 1 unspecified atom stereocenters. The molecule has 2 aromatic rings. The second kappa shape index (κ2) is 11.9. The molecular formula is C23H29BrClN3O4S. The van der Waals surface area contributed by atoms with E-state index >= 15 is 0 Å². The van der Waals surface area contributed by atoms with Crippen molar-refractivity contribution in [1.82, 2.24) is 10.2 Å². The molecule has 2 aromatic carbocycles. The number of nitrogens with zero attached hydrogens (tertiary/aromatic N) is 2. The summed E-state index contributed by atoms with van der Waals surface area (Å²) in [6.45, 7) is 3.86. The van der Waals surface area contributed by atoms with Crippen LogP contribution in [-0.4, -0.2) is 51.0 Å². The largest absolute Gasteiger partial charge is 0.357 e. The average molecular weight is 559 g/mol. The van der Waals surface area contributed by atoms with Crippen LogP contribution in [-0.2, 0) is 26.2 Å². The van der Waals surface area contributed by atoms with Gasteiger partial charge in [0.2, 0.25) is 21.8 Å². The standard InChI is InChI=1S/C23H29BrClN3O4S/c1-16-7-12-20(25)14-21(16)28(33(4,31)32)13-5-6-22(29)27(17(2)23(30)26-3)15-18-8-10-19(24)11-9-18/h7-12,14,17H,5-6,13,15H2,1-4H3,(H,26,30). The van der Waals surface area contributed by atoms with Crippen LogP contribution in [0.4, 0.5) is 5.69 Å². The van der Waals surface area contributed by atoms with Crippen molar-refractivity contribution in [2.24, 2.45) is 0 Å². The van der Waals surface area contributed by atoms with E-state index in [0.717, 1.165) is 21.9 Å². The number of carbonyl (C=O) groups is 2. The van der Waals surface area contributed by atoms with Gasteiger partial charge in [-0.05, 0) is 55.7 Å². The zero-order valence-corrected chi connectivity index (χ0v) is 22.3. The molecule has 7 nitrogen and oxygen atoms in total. The maximum Gasteiger partial charge on any atom is 0.242 e. The molecule has 0 fully saturated rings. The van der Waals surface area contributed by atoms with E-state index in [9.17, 15) is 18.0 Å². The Hall–Kier alpha value is -2.10. The highest BCUT2D eigenvalue weighted by Crippen LogP contribution is 2.27. The van der Waals surface area contributed by atoms with Gasteiger partial charge in [-0.2, -0.15) is 0 Å². The third kappa shape index (κ3) is 7.72. The number of hydrogen-bond acceptors (Lipinski definition) is 4. The SMILES string of the molecule is CNC(=O)C(C)N(Cc1ccc(Br)cc1)C(=O)CCCN(c1cc(Cl)ccc1C)S(C)(=O)=O.